The van der Waals surface area contributed by atoms with Gasteiger partial charge in [-0.25, -0.2) is 0 Å². The molecular formula is C21H24N2O4. The molecule has 0 radical (unpaired) electrons. The summed E-state index contributed by atoms with van der Waals surface area (Å²) < 4.78 is 10.6. The van der Waals surface area contributed by atoms with Crippen molar-refractivity contribution in [3.05, 3.63) is 54.1 Å². The van der Waals surface area contributed by atoms with Gasteiger partial charge in [-0.1, -0.05) is 24.3 Å². The van der Waals surface area contributed by atoms with Crippen molar-refractivity contribution in [2.45, 2.75) is 12.8 Å². The molecule has 2 amide bonds. The molecule has 0 aliphatic carbocycles. The summed E-state index contributed by atoms with van der Waals surface area (Å²) >= 11 is 0. The van der Waals surface area contributed by atoms with Crippen LogP contribution in [-0.4, -0.2) is 38.2 Å². The van der Waals surface area contributed by atoms with Gasteiger partial charge in [-0.05, 0) is 54.2 Å². The number of primary amides is 1. The van der Waals surface area contributed by atoms with E-state index in [1.807, 2.05) is 36.4 Å². The average Bonchev–Trinajstić information content (AvgIpc) is 3.20. The molecule has 1 aliphatic heterocycles. The first-order chi connectivity index (χ1) is 13.1. The van der Waals surface area contributed by atoms with E-state index in [1.54, 1.807) is 12.1 Å². The van der Waals surface area contributed by atoms with Crippen LogP contribution in [0.2, 0.25) is 0 Å². The number of hydrogen-bond acceptors (Lipinski definition) is 4. The molecule has 0 spiro atoms. The van der Waals surface area contributed by atoms with Gasteiger partial charge in [0.1, 0.15) is 5.75 Å². The topological polar surface area (TPSA) is 90.7 Å². The summed E-state index contributed by atoms with van der Waals surface area (Å²) in [6.45, 7) is 2.13. The Balaban J connectivity index is 1.58. The highest BCUT2D eigenvalue weighted by molar-refractivity contribution is 5.95. The van der Waals surface area contributed by atoms with Crippen molar-refractivity contribution in [2.24, 2.45) is 11.7 Å². The summed E-state index contributed by atoms with van der Waals surface area (Å²) in [4.78, 5) is 23.2. The lowest BCUT2D eigenvalue weighted by Gasteiger charge is -2.10. The van der Waals surface area contributed by atoms with Crippen molar-refractivity contribution in [3.8, 4) is 16.9 Å². The van der Waals surface area contributed by atoms with Gasteiger partial charge in [0.25, 0.3) is 11.8 Å². The Kier molecular flexibility index (Phi) is 6.44. The van der Waals surface area contributed by atoms with Gasteiger partial charge in [0.15, 0.2) is 6.61 Å². The molecule has 2 aromatic carbocycles. The normalized spacial score (nSPS) is 16.1. The lowest BCUT2D eigenvalue weighted by molar-refractivity contribution is -0.119. The summed E-state index contributed by atoms with van der Waals surface area (Å²) in [5.41, 5.74) is 7.59. The fourth-order valence-electron chi connectivity index (χ4n) is 3.04. The third kappa shape index (κ3) is 5.56. The maximum Gasteiger partial charge on any atom is 0.255 e. The van der Waals surface area contributed by atoms with Crippen LogP contribution in [0.3, 0.4) is 0 Å². The van der Waals surface area contributed by atoms with Crippen molar-refractivity contribution in [3.63, 3.8) is 0 Å². The first kappa shape index (κ1) is 18.9. The van der Waals surface area contributed by atoms with Gasteiger partial charge in [-0.15, -0.1) is 0 Å². The summed E-state index contributed by atoms with van der Waals surface area (Å²) in [5.74, 6) is 0.532. The standard InChI is InChI=1S/C21H24N2O4/c22-20(24)14-27-19-6-4-16(5-7-19)17-2-1-3-18(12-17)21(25)23-10-8-15-9-11-26-13-15/h1-7,12,15H,8-11,13-14H2,(H2,22,24)(H,23,25). The van der Waals surface area contributed by atoms with Crippen LogP contribution in [0, 0.1) is 5.92 Å². The van der Waals surface area contributed by atoms with E-state index in [1.165, 1.54) is 0 Å². The molecule has 0 aromatic heterocycles. The highest BCUT2D eigenvalue weighted by Crippen LogP contribution is 2.23. The van der Waals surface area contributed by atoms with Crippen LogP contribution in [0.5, 0.6) is 5.75 Å². The van der Waals surface area contributed by atoms with Crippen molar-refractivity contribution in [2.75, 3.05) is 26.4 Å². The fraction of sp³-hybridized carbons (Fsp3) is 0.333. The Bertz CT molecular complexity index is 783. The van der Waals surface area contributed by atoms with Gasteiger partial charge < -0.3 is 20.5 Å². The molecule has 6 heteroatoms. The van der Waals surface area contributed by atoms with Crippen LogP contribution in [0.1, 0.15) is 23.2 Å². The largest absolute Gasteiger partial charge is 0.484 e. The number of ether oxygens (including phenoxy) is 2. The number of carbonyl (C=O) groups excluding carboxylic acids is 2. The van der Waals surface area contributed by atoms with Crippen LogP contribution in [0.25, 0.3) is 11.1 Å². The maximum atomic E-state index is 12.4. The second kappa shape index (κ2) is 9.19. The van der Waals surface area contributed by atoms with Gasteiger partial charge in [-0.3, -0.25) is 9.59 Å². The minimum Gasteiger partial charge on any atom is -0.484 e. The molecule has 142 valence electrons. The van der Waals surface area contributed by atoms with Gasteiger partial charge >= 0.3 is 0 Å². The van der Waals surface area contributed by atoms with Gasteiger partial charge in [0.2, 0.25) is 0 Å². The van der Waals surface area contributed by atoms with Crippen LogP contribution in [0.15, 0.2) is 48.5 Å². The summed E-state index contributed by atoms with van der Waals surface area (Å²) in [5, 5.41) is 2.98. The van der Waals surface area contributed by atoms with E-state index < -0.39 is 5.91 Å². The molecule has 1 heterocycles. The first-order valence-corrected chi connectivity index (χ1v) is 9.09. The number of nitrogens with two attached hydrogens (primary N) is 1. The first-order valence-electron chi connectivity index (χ1n) is 9.09. The van der Waals surface area contributed by atoms with Gasteiger partial charge in [-0.2, -0.15) is 0 Å². The molecule has 3 N–H and O–H groups in total. The van der Waals surface area contributed by atoms with E-state index in [9.17, 15) is 9.59 Å². The summed E-state index contributed by atoms with van der Waals surface area (Å²) in [6.07, 6.45) is 2.02. The predicted octanol–water partition coefficient (Wildman–Crippen LogP) is 2.37. The minimum atomic E-state index is -0.516. The van der Waals surface area contributed by atoms with E-state index >= 15 is 0 Å². The smallest absolute Gasteiger partial charge is 0.255 e. The lowest BCUT2D eigenvalue weighted by Crippen LogP contribution is -2.26. The van der Waals surface area contributed by atoms with E-state index in [0.29, 0.717) is 23.8 Å². The van der Waals surface area contributed by atoms with E-state index in [4.69, 9.17) is 15.2 Å². The van der Waals surface area contributed by atoms with Crippen molar-refractivity contribution in [1.82, 2.24) is 5.32 Å². The van der Waals surface area contributed by atoms with Crippen LogP contribution in [0.4, 0.5) is 0 Å². The third-order valence-electron chi connectivity index (χ3n) is 4.56. The van der Waals surface area contributed by atoms with Crippen molar-refractivity contribution in [1.29, 1.82) is 0 Å². The number of hydrogen-bond donors (Lipinski definition) is 2. The SMILES string of the molecule is NC(=O)COc1ccc(-c2cccc(C(=O)NCCC3CCOC3)c2)cc1. The number of benzene rings is 2. The molecule has 2 aromatic rings. The molecule has 1 fully saturated rings. The number of nitrogens with one attached hydrogen (secondary N) is 1. The quantitative estimate of drug-likeness (QED) is 0.748. The van der Waals surface area contributed by atoms with Crippen molar-refractivity contribution >= 4 is 11.8 Å². The highest BCUT2D eigenvalue weighted by atomic mass is 16.5. The Hall–Kier alpha value is -2.86. The lowest BCUT2D eigenvalue weighted by atomic mass is 10.0. The van der Waals surface area contributed by atoms with E-state index in [0.717, 1.165) is 37.2 Å². The predicted molar refractivity (Wildman–Crippen MR) is 102 cm³/mol. The zero-order valence-electron chi connectivity index (χ0n) is 15.1. The Labute approximate surface area is 158 Å². The Morgan fingerprint density at radius 1 is 1.15 bits per heavy atom. The van der Waals surface area contributed by atoms with Crippen molar-refractivity contribution < 1.29 is 19.1 Å². The van der Waals surface area contributed by atoms with Crippen LogP contribution < -0.4 is 15.8 Å². The van der Waals surface area contributed by atoms with Gasteiger partial charge in [0, 0.05) is 25.3 Å². The molecule has 6 nitrogen and oxygen atoms in total. The Morgan fingerprint density at radius 2 is 1.96 bits per heavy atom. The molecule has 3 rings (SSSR count). The van der Waals surface area contributed by atoms with Crippen LogP contribution >= 0.6 is 0 Å². The fourth-order valence-corrected chi connectivity index (χ4v) is 3.04. The minimum absolute atomic E-state index is 0.0721. The molecule has 1 atom stereocenters. The molecule has 0 saturated carbocycles. The maximum absolute atomic E-state index is 12.4. The summed E-state index contributed by atoms with van der Waals surface area (Å²) in [7, 11) is 0. The highest BCUT2D eigenvalue weighted by Gasteiger charge is 2.15. The Morgan fingerprint density at radius 3 is 2.67 bits per heavy atom. The molecule has 1 aliphatic rings. The molecule has 0 bridgehead atoms. The van der Waals surface area contributed by atoms with Crippen LogP contribution in [-0.2, 0) is 9.53 Å². The van der Waals surface area contributed by atoms with Gasteiger partial charge in [0.05, 0.1) is 0 Å². The van der Waals surface area contributed by atoms with E-state index in [-0.39, 0.29) is 12.5 Å². The number of amides is 2. The molecule has 27 heavy (non-hydrogen) atoms. The second-order valence-corrected chi connectivity index (χ2v) is 6.63. The monoisotopic (exact) mass is 368 g/mol. The molecular weight excluding hydrogens is 344 g/mol. The van der Waals surface area contributed by atoms with E-state index in [2.05, 4.69) is 5.32 Å². The average molecular weight is 368 g/mol. The molecule has 1 unspecified atom stereocenters. The zero-order valence-corrected chi connectivity index (χ0v) is 15.1. The molecule has 1 saturated heterocycles. The zero-order chi connectivity index (χ0) is 19.1. The summed E-state index contributed by atoms with van der Waals surface area (Å²) in [6, 6.07) is 14.8. The second-order valence-electron chi connectivity index (χ2n) is 6.63. The third-order valence-corrected chi connectivity index (χ3v) is 4.56. The number of carbonyl (C=O) groups is 2. The number of rotatable bonds is 8.